The first-order valence-corrected chi connectivity index (χ1v) is 7.43. The Labute approximate surface area is 120 Å². The number of benzene rings is 1. The maximum Gasteiger partial charge on any atom is 0.0969 e. The highest BCUT2D eigenvalue weighted by molar-refractivity contribution is 5.31. The van der Waals surface area contributed by atoms with Gasteiger partial charge in [-0.1, -0.05) is 18.2 Å². The van der Waals surface area contributed by atoms with E-state index >= 15 is 0 Å². The van der Waals surface area contributed by atoms with Crippen molar-refractivity contribution in [3.05, 3.63) is 52.6 Å². The van der Waals surface area contributed by atoms with Crippen molar-refractivity contribution in [3.63, 3.8) is 0 Å². The minimum atomic E-state index is -0.463. The monoisotopic (exact) mass is 270 g/mol. The highest BCUT2D eigenvalue weighted by atomic mass is 16.3. The Balaban J connectivity index is 1.80. The number of hydrogen-bond donors (Lipinski definition) is 1. The van der Waals surface area contributed by atoms with Crippen LogP contribution in [0.2, 0.25) is 0 Å². The highest BCUT2D eigenvalue weighted by Crippen LogP contribution is 2.23. The van der Waals surface area contributed by atoms with E-state index in [4.69, 9.17) is 0 Å². The van der Waals surface area contributed by atoms with Gasteiger partial charge in [0.2, 0.25) is 0 Å². The van der Waals surface area contributed by atoms with E-state index in [2.05, 4.69) is 35.5 Å². The Morgan fingerprint density at radius 2 is 2.00 bits per heavy atom. The smallest absolute Gasteiger partial charge is 0.0969 e. The van der Waals surface area contributed by atoms with Crippen molar-refractivity contribution >= 4 is 0 Å². The lowest BCUT2D eigenvalue weighted by Gasteiger charge is -2.17. The Morgan fingerprint density at radius 3 is 2.80 bits per heavy atom. The Hall–Kier alpha value is -1.61. The van der Waals surface area contributed by atoms with Gasteiger partial charge in [0, 0.05) is 5.69 Å². The van der Waals surface area contributed by atoms with Crippen molar-refractivity contribution in [2.75, 3.05) is 0 Å². The summed E-state index contributed by atoms with van der Waals surface area (Å²) >= 11 is 0. The first-order valence-electron chi connectivity index (χ1n) is 7.43. The number of aliphatic hydroxyl groups is 1. The van der Waals surface area contributed by atoms with Crippen molar-refractivity contribution in [1.29, 1.82) is 0 Å². The third-order valence-corrected chi connectivity index (χ3v) is 4.40. The van der Waals surface area contributed by atoms with Crippen molar-refractivity contribution in [2.24, 2.45) is 0 Å². The normalized spacial score (nSPS) is 15.9. The van der Waals surface area contributed by atoms with Crippen molar-refractivity contribution in [1.82, 2.24) is 9.55 Å². The van der Waals surface area contributed by atoms with Crippen LogP contribution in [0.4, 0.5) is 0 Å². The first-order chi connectivity index (χ1) is 9.65. The summed E-state index contributed by atoms with van der Waals surface area (Å²) in [5, 5.41) is 10.5. The zero-order valence-electron chi connectivity index (χ0n) is 12.3. The molecule has 0 saturated carbocycles. The molecule has 3 heteroatoms. The van der Waals surface area contributed by atoms with Crippen LogP contribution in [0.15, 0.2) is 24.5 Å². The quantitative estimate of drug-likeness (QED) is 0.930. The molecule has 0 radical (unpaired) electrons. The van der Waals surface area contributed by atoms with Gasteiger partial charge in [-0.25, -0.2) is 4.98 Å². The highest BCUT2D eigenvalue weighted by Gasteiger charge is 2.17. The van der Waals surface area contributed by atoms with Gasteiger partial charge in [0.1, 0.15) is 0 Å². The summed E-state index contributed by atoms with van der Waals surface area (Å²) in [7, 11) is 0. The van der Waals surface area contributed by atoms with E-state index in [0.717, 1.165) is 18.4 Å². The maximum atomic E-state index is 10.5. The van der Waals surface area contributed by atoms with Gasteiger partial charge in [0.15, 0.2) is 0 Å². The average Bonchev–Trinajstić information content (AvgIpc) is 2.85. The molecular formula is C17H22N2O. The van der Waals surface area contributed by atoms with Crippen LogP contribution in [0.1, 0.15) is 47.0 Å². The van der Waals surface area contributed by atoms with Gasteiger partial charge in [-0.3, -0.25) is 0 Å². The number of hydrogen-bond acceptors (Lipinski definition) is 2. The fraction of sp³-hybridized carbons (Fsp3) is 0.471. The Kier molecular flexibility index (Phi) is 3.62. The molecule has 0 bridgehead atoms. The van der Waals surface area contributed by atoms with Crippen molar-refractivity contribution < 1.29 is 5.11 Å². The first kappa shape index (κ1) is 13.4. The predicted molar refractivity (Wildman–Crippen MR) is 79.7 cm³/mol. The van der Waals surface area contributed by atoms with Gasteiger partial charge in [-0.15, -0.1) is 0 Å². The molecule has 1 atom stereocenters. The lowest BCUT2D eigenvalue weighted by Crippen LogP contribution is -2.13. The van der Waals surface area contributed by atoms with E-state index in [1.807, 2.05) is 12.4 Å². The summed E-state index contributed by atoms with van der Waals surface area (Å²) in [5.74, 6) is 0. The number of imidazole rings is 1. The molecule has 0 aliphatic heterocycles. The summed E-state index contributed by atoms with van der Waals surface area (Å²) in [5.41, 5.74) is 6.03. The van der Waals surface area contributed by atoms with E-state index in [1.165, 1.54) is 35.4 Å². The van der Waals surface area contributed by atoms with E-state index in [9.17, 15) is 5.11 Å². The topological polar surface area (TPSA) is 38.0 Å². The zero-order chi connectivity index (χ0) is 14.1. The van der Waals surface area contributed by atoms with E-state index in [0.29, 0.717) is 6.54 Å². The van der Waals surface area contributed by atoms with Gasteiger partial charge in [0.25, 0.3) is 0 Å². The van der Waals surface area contributed by atoms with Gasteiger partial charge >= 0.3 is 0 Å². The SMILES string of the molecule is Cc1ccc(C(O)Cn2cnc3c2CCCC3)cc1C. The van der Waals surface area contributed by atoms with Crippen LogP contribution < -0.4 is 0 Å². The molecule has 1 heterocycles. The van der Waals surface area contributed by atoms with E-state index in [-0.39, 0.29) is 0 Å². The van der Waals surface area contributed by atoms with Crippen LogP contribution in [0.3, 0.4) is 0 Å². The number of rotatable bonds is 3. The molecule has 0 spiro atoms. The van der Waals surface area contributed by atoms with Crippen LogP contribution in [-0.4, -0.2) is 14.7 Å². The largest absolute Gasteiger partial charge is 0.387 e. The molecule has 1 aliphatic carbocycles. The standard InChI is InChI=1S/C17H22N2O/c1-12-7-8-14(9-13(12)2)17(20)10-19-11-18-15-5-3-4-6-16(15)19/h7-9,11,17,20H,3-6,10H2,1-2H3. The third kappa shape index (κ3) is 2.50. The molecule has 20 heavy (non-hydrogen) atoms. The van der Waals surface area contributed by atoms with Crippen LogP contribution in [0.5, 0.6) is 0 Å². The number of fused-ring (bicyclic) bond motifs is 1. The molecule has 0 saturated heterocycles. The summed E-state index contributed by atoms with van der Waals surface area (Å²) in [4.78, 5) is 4.49. The number of nitrogens with zero attached hydrogens (tertiary/aromatic N) is 2. The lowest BCUT2D eigenvalue weighted by atomic mass is 10.0. The van der Waals surface area contributed by atoms with Crippen LogP contribution in [-0.2, 0) is 19.4 Å². The van der Waals surface area contributed by atoms with Crippen molar-refractivity contribution in [3.8, 4) is 0 Å². The van der Waals surface area contributed by atoms with Crippen LogP contribution in [0.25, 0.3) is 0 Å². The summed E-state index contributed by atoms with van der Waals surface area (Å²) < 4.78 is 2.13. The van der Waals surface area contributed by atoms with E-state index in [1.54, 1.807) is 0 Å². The number of aromatic nitrogens is 2. The Bertz CT molecular complexity index is 615. The molecule has 2 aromatic rings. The van der Waals surface area contributed by atoms with Crippen LogP contribution >= 0.6 is 0 Å². The Morgan fingerprint density at radius 1 is 1.20 bits per heavy atom. The molecule has 1 unspecified atom stereocenters. The fourth-order valence-electron chi connectivity index (χ4n) is 2.95. The van der Waals surface area contributed by atoms with E-state index < -0.39 is 6.10 Å². The molecule has 0 amide bonds. The second kappa shape index (κ2) is 5.41. The molecule has 1 aliphatic rings. The summed E-state index contributed by atoms with van der Waals surface area (Å²) in [6.45, 7) is 4.78. The van der Waals surface area contributed by atoms with Gasteiger partial charge in [0.05, 0.1) is 24.7 Å². The van der Waals surface area contributed by atoms with Gasteiger partial charge in [-0.2, -0.15) is 0 Å². The fourth-order valence-corrected chi connectivity index (χ4v) is 2.95. The molecule has 1 N–H and O–H groups in total. The molecule has 1 aromatic heterocycles. The zero-order valence-corrected chi connectivity index (χ0v) is 12.3. The molecule has 3 nitrogen and oxygen atoms in total. The van der Waals surface area contributed by atoms with Crippen molar-refractivity contribution in [2.45, 2.75) is 52.2 Å². The second-order valence-electron chi connectivity index (χ2n) is 5.86. The number of aryl methyl sites for hydroxylation is 3. The predicted octanol–water partition coefficient (Wildman–Crippen LogP) is 3.11. The summed E-state index contributed by atoms with van der Waals surface area (Å²) in [6, 6.07) is 6.19. The molecule has 3 rings (SSSR count). The van der Waals surface area contributed by atoms with Gasteiger partial charge in [-0.05, 0) is 56.2 Å². The summed E-state index contributed by atoms with van der Waals surface area (Å²) in [6.07, 6.45) is 6.08. The second-order valence-corrected chi connectivity index (χ2v) is 5.86. The molecule has 1 aromatic carbocycles. The van der Waals surface area contributed by atoms with Gasteiger partial charge < -0.3 is 9.67 Å². The molecule has 106 valence electrons. The molecule has 0 fully saturated rings. The number of aliphatic hydroxyl groups excluding tert-OH is 1. The minimum absolute atomic E-state index is 0.463. The third-order valence-electron chi connectivity index (χ3n) is 4.40. The lowest BCUT2D eigenvalue weighted by molar-refractivity contribution is 0.155. The molecular weight excluding hydrogens is 248 g/mol. The average molecular weight is 270 g/mol. The van der Waals surface area contributed by atoms with Crippen LogP contribution in [0, 0.1) is 13.8 Å². The minimum Gasteiger partial charge on any atom is -0.387 e. The maximum absolute atomic E-state index is 10.5.